The van der Waals surface area contributed by atoms with Gasteiger partial charge in [0, 0.05) is 11.1 Å². The molecule has 0 saturated carbocycles. The average Bonchev–Trinajstić information content (AvgIpc) is 2.59. The van der Waals surface area contributed by atoms with E-state index in [4.69, 9.17) is 14.2 Å². The minimum atomic E-state index is -1.46. The molecule has 0 aromatic heterocycles. The van der Waals surface area contributed by atoms with E-state index in [1.807, 2.05) is 6.07 Å². The largest absolute Gasteiger partial charge is 0.496 e. The van der Waals surface area contributed by atoms with Crippen molar-refractivity contribution in [3.05, 3.63) is 42.0 Å². The van der Waals surface area contributed by atoms with Crippen LogP contribution in [0.1, 0.15) is 5.56 Å². The molecule has 112 valence electrons. The van der Waals surface area contributed by atoms with Gasteiger partial charge in [0.1, 0.15) is 29.9 Å². The van der Waals surface area contributed by atoms with Crippen LogP contribution in [0.4, 0.5) is 0 Å². The number of benzene rings is 2. The van der Waals surface area contributed by atoms with Gasteiger partial charge in [-0.25, -0.2) is 0 Å². The van der Waals surface area contributed by atoms with Gasteiger partial charge in [-0.05, 0) is 18.2 Å². The van der Waals surface area contributed by atoms with Crippen molar-refractivity contribution in [1.82, 2.24) is 0 Å². The van der Waals surface area contributed by atoms with Crippen LogP contribution in [-0.2, 0) is 5.60 Å². The standard InChI is InChI=1S/C17H15NO4/c1-20-12-6-3-5-11-15(12)16-13(21-2)7-4-8-14(16)22-17(11,9-18)10-19/h3-8,19H,10H2,1-2H3. The molecule has 22 heavy (non-hydrogen) atoms. The Morgan fingerprint density at radius 1 is 1.09 bits per heavy atom. The average molecular weight is 297 g/mol. The highest BCUT2D eigenvalue weighted by Crippen LogP contribution is 2.52. The van der Waals surface area contributed by atoms with Crippen LogP contribution in [0.2, 0.25) is 0 Å². The highest BCUT2D eigenvalue weighted by Gasteiger charge is 2.43. The summed E-state index contributed by atoms with van der Waals surface area (Å²) in [6.07, 6.45) is 0. The first-order valence-corrected chi connectivity index (χ1v) is 6.76. The third-order valence-electron chi connectivity index (χ3n) is 3.83. The molecular weight excluding hydrogens is 282 g/mol. The summed E-state index contributed by atoms with van der Waals surface area (Å²) in [5.41, 5.74) is 0.536. The summed E-state index contributed by atoms with van der Waals surface area (Å²) in [5.74, 6) is 1.69. The van der Waals surface area contributed by atoms with Crippen molar-refractivity contribution in [2.45, 2.75) is 5.60 Å². The van der Waals surface area contributed by atoms with Gasteiger partial charge in [-0.3, -0.25) is 0 Å². The van der Waals surface area contributed by atoms with Gasteiger partial charge in [0.25, 0.3) is 0 Å². The number of nitrogens with zero attached hydrogens (tertiary/aromatic N) is 1. The van der Waals surface area contributed by atoms with E-state index < -0.39 is 12.2 Å². The molecule has 2 aromatic rings. The molecule has 1 aliphatic heterocycles. The fourth-order valence-corrected chi connectivity index (χ4v) is 2.79. The lowest BCUT2D eigenvalue weighted by Crippen LogP contribution is -2.38. The second-order valence-electron chi connectivity index (χ2n) is 4.92. The zero-order chi connectivity index (χ0) is 15.7. The van der Waals surface area contributed by atoms with E-state index in [2.05, 4.69) is 6.07 Å². The van der Waals surface area contributed by atoms with Crippen LogP contribution in [0.3, 0.4) is 0 Å². The lowest BCUT2D eigenvalue weighted by molar-refractivity contribution is 0.0517. The van der Waals surface area contributed by atoms with E-state index in [1.165, 1.54) is 0 Å². The first kappa shape index (κ1) is 14.2. The number of aliphatic hydroxyl groups excluding tert-OH is 1. The number of ether oxygens (including phenoxy) is 3. The highest BCUT2D eigenvalue weighted by molar-refractivity contribution is 5.86. The molecule has 1 atom stereocenters. The number of fused-ring (bicyclic) bond motifs is 3. The molecule has 1 N–H and O–H groups in total. The van der Waals surface area contributed by atoms with Crippen LogP contribution in [0.15, 0.2) is 36.4 Å². The topological polar surface area (TPSA) is 71.7 Å². The summed E-state index contributed by atoms with van der Waals surface area (Å²) in [4.78, 5) is 0. The lowest BCUT2D eigenvalue weighted by Gasteiger charge is -2.35. The van der Waals surface area contributed by atoms with Gasteiger partial charge in [-0.1, -0.05) is 18.2 Å². The zero-order valence-electron chi connectivity index (χ0n) is 12.3. The first-order valence-electron chi connectivity index (χ1n) is 6.76. The van der Waals surface area contributed by atoms with E-state index in [9.17, 15) is 10.4 Å². The van der Waals surface area contributed by atoms with Crippen molar-refractivity contribution in [2.24, 2.45) is 0 Å². The van der Waals surface area contributed by atoms with Gasteiger partial charge in [0.05, 0.1) is 19.8 Å². The predicted molar refractivity (Wildman–Crippen MR) is 80.0 cm³/mol. The Labute approximate surface area is 128 Å². The second-order valence-corrected chi connectivity index (χ2v) is 4.92. The first-order chi connectivity index (χ1) is 10.7. The molecule has 0 saturated heterocycles. The summed E-state index contributed by atoms with van der Waals surface area (Å²) >= 11 is 0. The van der Waals surface area contributed by atoms with Crippen molar-refractivity contribution in [3.63, 3.8) is 0 Å². The van der Waals surface area contributed by atoms with Crippen molar-refractivity contribution in [3.8, 4) is 34.4 Å². The normalized spacial score (nSPS) is 18.5. The summed E-state index contributed by atoms with van der Waals surface area (Å²) in [6, 6.07) is 12.8. The van der Waals surface area contributed by atoms with Crippen LogP contribution in [0.25, 0.3) is 11.1 Å². The van der Waals surface area contributed by atoms with Crippen LogP contribution >= 0.6 is 0 Å². The quantitative estimate of drug-likeness (QED) is 0.942. The lowest BCUT2D eigenvalue weighted by atomic mass is 9.84. The molecule has 5 heteroatoms. The molecule has 0 amide bonds. The maximum atomic E-state index is 9.78. The fourth-order valence-electron chi connectivity index (χ4n) is 2.79. The monoisotopic (exact) mass is 297 g/mol. The molecule has 2 aromatic carbocycles. The van der Waals surface area contributed by atoms with E-state index in [0.29, 0.717) is 28.4 Å². The van der Waals surface area contributed by atoms with Gasteiger partial charge in [0.15, 0.2) is 0 Å². The number of nitriles is 1. The Balaban J connectivity index is 2.42. The molecule has 1 unspecified atom stereocenters. The summed E-state index contributed by atoms with van der Waals surface area (Å²) in [6.45, 7) is -0.458. The van der Waals surface area contributed by atoms with E-state index in [-0.39, 0.29) is 0 Å². The molecule has 1 aliphatic rings. The molecule has 1 heterocycles. The smallest absolute Gasteiger partial charge is 0.243 e. The van der Waals surface area contributed by atoms with Gasteiger partial charge >= 0.3 is 0 Å². The number of hydrogen-bond acceptors (Lipinski definition) is 5. The van der Waals surface area contributed by atoms with Gasteiger partial charge in [-0.2, -0.15) is 5.26 Å². The maximum absolute atomic E-state index is 9.78. The van der Waals surface area contributed by atoms with Gasteiger partial charge in [0.2, 0.25) is 5.60 Å². The van der Waals surface area contributed by atoms with Crippen molar-refractivity contribution >= 4 is 0 Å². The minimum absolute atomic E-state index is 0.458. The third-order valence-corrected chi connectivity index (χ3v) is 3.83. The highest BCUT2D eigenvalue weighted by atomic mass is 16.5. The molecule has 5 nitrogen and oxygen atoms in total. The SMILES string of the molecule is COc1cccc2c1-c1c(OC)cccc1C(C#N)(CO)O2. The molecule has 0 spiro atoms. The zero-order valence-corrected chi connectivity index (χ0v) is 12.3. The molecular formula is C17H15NO4. The Morgan fingerprint density at radius 3 is 2.32 bits per heavy atom. The molecule has 0 bridgehead atoms. The minimum Gasteiger partial charge on any atom is -0.496 e. The third kappa shape index (κ3) is 1.81. The summed E-state index contributed by atoms with van der Waals surface area (Å²) in [7, 11) is 3.13. The van der Waals surface area contributed by atoms with Gasteiger partial charge < -0.3 is 19.3 Å². The van der Waals surface area contributed by atoms with E-state index >= 15 is 0 Å². The maximum Gasteiger partial charge on any atom is 0.243 e. The van der Waals surface area contributed by atoms with Crippen molar-refractivity contribution < 1.29 is 19.3 Å². The Kier molecular flexibility index (Phi) is 3.39. The van der Waals surface area contributed by atoms with Crippen molar-refractivity contribution in [2.75, 3.05) is 20.8 Å². The fraction of sp³-hybridized carbons (Fsp3) is 0.235. The Bertz CT molecular complexity index is 766. The number of methoxy groups -OCH3 is 2. The van der Waals surface area contributed by atoms with Gasteiger partial charge in [-0.15, -0.1) is 0 Å². The molecule has 0 fully saturated rings. The summed E-state index contributed by atoms with van der Waals surface area (Å²) in [5, 5.41) is 19.4. The Hall–Kier alpha value is -2.71. The molecule has 0 radical (unpaired) electrons. The Morgan fingerprint density at radius 2 is 1.73 bits per heavy atom. The number of rotatable bonds is 3. The molecule has 3 rings (SSSR count). The van der Waals surface area contributed by atoms with E-state index in [0.717, 1.165) is 5.56 Å². The van der Waals surface area contributed by atoms with Crippen LogP contribution < -0.4 is 14.2 Å². The number of aliphatic hydroxyl groups is 1. The van der Waals surface area contributed by atoms with Crippen molar-refractivity contribution in [1.29, 1.82) is 5.26 Å². The van der Waals surface area contributed by atoms with Crippen LogP contribution in [0.5, 0.6) is 17.2 Å². The number of hydrogen-bond donors (Lipinski definition) is 1. The van der Waals surface area contributed by atoms with Crippen LogP contribution in [0, 0.1) is 11.3 Å². The second kappa shape index (κ2) is 5.24. The predicted octanol–water partition coefficient (Wildman–Crippen LogP) is 2.47. The van der Waals surface area contributed by atoms with E-state index in [1.54, 1.807) is 44.6 Å². The van der Waals surface area contributed by atoms with Crippen LogP contribution in [-0.4, -0.2) is 25.9 Å². The summed E-state index contributed by atoms with van der Waals surface area (Å²) < 4.78 is 16.7. The molecule has 0 aliphatic carbocycles.